The van der Waals surface area contributed by atoms with E-state index in [-0.39, 0.29) is 42.4 Å². The number of urea groups is 1. The Labute approximate surface area is 257 Å². The topological polar surface area (TPSA) is 200 Å². The number of piperazine rings is 1. The zero-order valence-corrected chi connectivity index (χ0v) is 24.9. The number of likely N-dealkylation sites (N-methyl/N-ethyl adjacent to an activating group) is 1. The summed E-state index contributed by atoms with van der Waals surface area (Å²) >= 11 is 2.46. The average Bonchev–Trinajstić information content (AvgIpc) is 3.42. The summed E-state index contributed by atoms with van der Waals surface area (Å²) < 4.78 is 15.1. The number of imide groups is 1. The number of hydrogen-bond donors (Lipinski definition) is 3. The summed E-state index contributed by atoms with van der Waals surface area (Å²) in [5.41, 5.74) is 0.431. The van der Waals surface area contributed by atoms with Gasteiger partial charge in [-0.3, -0.25) is 29.0 Å². The van der Waals surface area contributed by atoms with Crippen molar-refractivity contribution in [3.8, 4) is 0 Å². The van der Waals surface area contributed by atoms with Crippen LogP contribution in [0, 0.1) is 5.82 Å². The molecule has 3 aliphatic rings. The Kier molecular flexibility index (Phi) is 8.86. The van der Waals surface area contributed by atoms with E-state index in [0.717, 1.165) is 17.0 Å². The molecule has 44 heavy (non-hydrogen) atoms. The van der Waals surface area contributed by atoms with Crippen molar-refractivity contribution in [3.63, 3.8) is 0 Å². The van der Waals surface area contributed by atoms with E-state index in [1.165, 1.54) is 45.2 Å². The number of aliphatic carboxylic acids is 1. The highest BCUT2D eigenvalue weighted by atomic mass is 32.2. The van der Waals surface area contributed by atoms with Gasteiger partial charge in [0, 0.05) is 38.2 Å². The van der Waals surface area contributed by atoms with Gasteiger partial charge in [-0.2, -0.15) is 0 Å². The lowest BCUT2D eigenvalue weighted by Crippen LogP contribution is -2.71. The van der Waals surface area contributed by atoms with Crippen LogP contribution in [0.2, 0.25) is 0 Å². The molecule has 4 heterocycles. The number of nitrogens with one attached hydrogen (secondary N) is 2. The fourth-order valence-corrected chi connectivity index (χ4v) is 7.19. The summed E-state index contributed by atoms with van der Waals surface area (Å²) in [5.74, 6) is -4.89. The number of carbonyl (C=O) groups is 6. The number of aromatic nitrogens is 4. The number of fused-ring (bicyclic) bond motifs is 1. The van der Waals surface area contributed by atoms with E-state index in [1.54, 1.807) is 14.0 Å². The van der Waals surface area contributed by atoms with Gasteiger partial charge < -0.3 is 20.6 Å². The van der Waals surface area contributed by atoms with Crippen molar-refractivity contribution < 1.29 is 38.3 Å². The second-order valence-corrected chi connectivity index (χ2v) is 11.9. The van der Waals surface area contributed by atoms with Crippen LogP contribution in [0.15, 0.2) is 40.7 Å². The molecule has 1 aromatic carbocycles. The third-order valence-electron chi connectivity index (χ3n) is 7.17. The van der Waals surface area contributed by atoms with Crippen LogP contribution < -0.4 is 10.6 Å². The first-order valence-corrected chi connectivity index (χ1v) is 15.3. The molecule has 2 fully saturated rings. The number of rotatable bonds is 9. The van der Waals surface area contributed by atoms with Crippen molar-refractivity contribution in [1.29, 1.82) is 0 Å². The molecular weight excluding hydrogens is 621 g/mol. The highest BCUT2D eigenvalue weighted by Crippen LogP contribution is 2.41. The maximum atomic E-state index is 13.7. The van der Waals surface area contributed by atoms with Crippen molar-refractivity contribution in [2.45, 2.75) is 29.5 Å². The number of tetrazole rings is 1. The molecule has 0 spiro atoms. The molecule has 0 unspecified atom stereocenters. The Hall–Kier alpha value is -4.52. The van der Waals surface area contributed by atoms with Crippen molar-refractivity contribution in [3.05, 3.63) is 46.9 Å². The zero-order valence-electron chi connectivity index (χ0n) is 23.3. The fourth-order valence-electron chi connectivity index (χ4n) is 4.85. The molecule has 3 aliphatic heterocycles. The first-order chi connectivity index (χ1) is 21.0. The summed E-state index contributed by atoms with van der Waals surface area (Å²) in [6, 6.07) is 1.03. The second-order valence-electron chi connectivity index (χ2n) is 9.80. The smallest absolute Gasteiger partial charge is 0.352 e. The molecule has 232 valence electrons. The lowest BCUT2D eigenvalue weighted by atomic mass is 10.0. The third-order valence-corrected chi connectivity index (χ3v) is 9.61. The van der Waals surface area contributed by atoms with E-state index in [2.05, 4.69) is 26.2 Å². The number of carboxylic acids is 1. The first kappa shape index (κ1) is 30.9. The van der Waals surface area contributed by atoms with Crippen LogP contribution in [0.25, 0.3) is 0 Å². The lowest BCUT2D eigenvalue weighted by Gasteiger charge is -2.49. The van der Waals surface area contributed by atoms with Crippen molar-refractivity contribution in [1.82, 2.24) is 45.5 Å². The van der Waals surface area contributed by atoms with Crippen LogP contribution in [0.3, 0.4) is 0 Å². The van der Waals surface area contributed by atoms with Gasteiger partial charge in [0.25, 0.3) is 5.91 Å². The van der Waals surface area contributed by atoms with Crippen LogP contribution >= 0.6 is 23.5 Å². The molecule has 6 amide bonds. The number of benzene rings is 1. The highest BCUT2D eigenvalue weighted by Gasteiger charge is 2.54. The summed E-state index contributed by atoms with van der Waals surface area (Å²) in [7, 11) is 1.64. The lowest BCUT2D eigenvalue weighted by molar-refractivity contribution is -0.153. The number of carboxylic acid groups (broad SMARTS) is 1. The van der Waals surface area contributed by atoms with E-state index in [9.17, 15) is 38.3 Å². The van der Waals surface area contributed by atoms with Gasteiger partial charge in [-0.15, -0.1) is 16.9 Å². The van der Waals surface area contributed by atoms with Crippen LogP contribution in [-0.2, 0) is 31.0 Å². The van der Waals surface area contributed by atoms with Crippen molar-refractivity contribution >= 4 is 59.2 Å². The van der Waals surface area contributed by atoms with E-state index in [1.807, 2.05) is 0 Å². The summed E-state index contributed by atoms with van der Waals surface area (Å²) in [6.07, 6.45) is 0. The summed E-state index contributed by atoms with van der Waals surface area (Å²) in [6.45, 7) is 1.98. The molecular formula is C25H26FN9O7S2. The van der Waals surface area contributed by atoms with E-state index in [0.29, 0.717) is 15.6 Å². The minimum absolute atomic E-state index is 0.102. The molecule has 19 heteroatoms. The molecule has 5 rings (SSSR count). The van der Waals surface area contributed by atoms with Gasteiger partial charge in [-0.05, 0) is 40.6 Å². The van der Waals surface area contributed by atoms with E-state index in [4.69, 9.17) is 0 Å². The molecule has 1 aromatic heterocycles. The standard InChI is InChI=1S/C25H26FN9O7S2/c1-3-33-8-9-34(21(39)20(33)38)24(42)28-15(12-4-6-14(26)7-5-12)18(36)27-16-19(37)35-17(23(40)41)13(10-43-22(16)35)11-44-25-29-30-31-32(25)2/h4-7,15-16,22H,3,8-11H2,1-2H3,(H,27,36)(H,28,42)(H,40,41)/t15-,16-,22-/m1/s1. The Morgan fingerprint density at radius 1 is 1.16 bits per heavy atom. The van der Waals surface area contributed by atoms with E-state index < -0.39 is 58.9 Å². The van der Waals surface area contributed by atoms with Gasteiger partial charge in [-0.25, -0.2) is 18.7 Å². The van der Waals surface area contributed by atoms with Crippen LogP contribution in [-0.4, -0.2) is 118 Å². The van der Waals surface area contributed by atoms with Gasteiger partial charge in [0.2, 0.25) is 11.1 Å². The summed E-state index contributed by atoms with van der Waals surface area (Å²) in [4.78, 5) is 80.0. The molecule has 0 radical (unpaired) electrons. The predicted molar refractivity (Wildman–Crippen MR) is 151 cm³/mol. The monoisotopic (exact) mass is 647 g/mol. The fraction of sp³-hybridized carbons (Fsp3) is 0.400. The Morgan fingerprint density at radius 3 is 2.52 bits per heavy atom. The van der Waals surface area contributed by atoms with Crippen LogP contribution in [0.5, 0.6) is 0 Å². The molecule has 16 nitrogen and oxygen atoms in total. The molecule has 3 N–H and O–H groups in total. The Balaban J connectivity index is 1.31. The largest absolute Gasteiger partial charge is 0.477 e. The number of hydrogen-bond acceptors (Lipinski definition) is 11. The predicted octanol–water partition coefficient (Wildman–Crippen LogP) is -0.678. The highest BCUT2D eigenvalue weighted by molar-refractivity contribution is 8.01. The molecule has 2 saturated heterocycles. The Morgan fingerprint density at radius 2 is 1.89 bits per heavy atom. The first-order valence-electron chi connectivity index (χ1n) is 13.2. The molecule has 0 bridgehead atoms. The molecule has 0 saturated carbocycles. The quantitative estimate of drug-likeness (QED) is 0.176. The van der Waals surface area contributed by atoms with Gasteiger partial charge in [-0.1, -0.05) is 23.9 Å². The second kappa shape index (κ2) is 12.6. The number of thioether (sulfide) groups is 2. The maximum Gasteiger partial charge on any atom is 0.352 e. The maximum absolute atomic E-state index is 13.7. The molecule has 3 atom stereocenters. The number of amides is 6. The number of halogens is 1. The van der Waals surface area contributed by atoms with E-state index >= 15 is 0 Å². The molecule has 0 aliphatic carbocycles. The van der Waals surface area contributed by atoms with Gasteiger partial charge in [0.05, 0.1) is 0 Å². The van der Waals surface area contributed by atoms with Crippen molar-refractivity contribution in [2.24, 2.45) is 7.05 Å². The Bertz CT molecular complexity index is 1570. The normalized spacial score (nSPS) is 20.7. The van der Waals surface area contributed by atoms with Gasteiger partial charge in [0.1, 0.15) is 29.0 Å². The van der Waals surface area contributed by atoms with Gasteiger partial charge in [0.15, 0.2) is 0 Å². The number of aryl methyl sites for hydroxylation is 1. The average molecular weight is 648 g/mol. The van der Waals surface area contributed by atoms with Crippen molar-refractivity contribution in [2.75, 3.05) is 31.1 Å². The SMILES string of the molecule is CCN1CCN(C(=O)N[C@@H](C(=O)N[C@@H]2C(=O)N3C(C(=O)O)=C(CSc4nnnn4C)CS[C@H]23)c2ccc(F)cc2)C(=O)C1=O. The molecule has 2 aromatic rings. The minimum atomic E-state index is -1.48. The minimum Gasteiger partial charge on any atom is -0.477 e. The van der Waals surface area contributed by atoms with Gasteiger partial charge >= 0.3 is 23.8 Å². The zero-order chi connectivity index (χ0) is 31.7. The summed E-state index contributed by atoms with van der Waals surface area (Å²) in [5, 5.41) is 25.8. The van der Waals surface area contributed by atoms with Crippen LogP contribution in [0.1, 0.15) is 18.5 Å². The third kappa shape index (κ3) is 5.83. The number of β-lactam (4-membered cyclic amide) rings is 1. The number of carbonyl (C=O) groups excluding carboxylic acids is 5. The van der Waals surface area contributed by atoms with Crippen LogP contribution in [0.4, 0.5) is 9.18 Å². The number of nitrogens with zero attached hydrogens (tertiary/aromatic N) is 7.